The van der Waals surface area contributed by atoms with Crippen LogP contribution in [0.4, 0.5) is 0 Å². The lowest BCUT2D eigenvalue weighted by molar-refractivity contribution is -0.146. The first-order valence-corrected chi connectivity index (χ1v) is 7.65. The van der Waals surface area contributed by atoms with Crippen molar-refractivity contribution in [2.24, 2.45) is 5.41 Å². The number of hydrogen-bond acceptors (Lipinski definition) is 2. The van der Waals surface area contributed by atoms with E-state index in [0.717, 1.165) is 45.1 Å². The van der Waals surface area contributed by atoms with E-state index in [-0.39, 0.29) is 12.0 Å². The van der Waals surface area contributed by atoms with E-state index in [4.69, 9.17) is 5.11 Å². The van der Waals surface area contributed by atoms with Crippen LogP contribution >= 0.6 is 0 Å². The molecule has 1 aliphatic heterocycles. The summed E-state index contributed by atoms with van der Waals surface area (Å²) in [6, 6.07) is 0.292. The van der Waals surface area contributed by atoms with Gasteiger partial charge in [-0.1, -0.05) is 19.8 Å². The third-order valence-corrected chi connectivity index (χ3v) is 5.04. The lowest BCUT2D eigenvalue weighted by Gasteiger charge is -2.41. The second-order valence-corrected chi connectivity index (χ2v) is 6.00. The number of aliphatic hydroxyl groups is 1. The van der Waals surface area contributed by atoms with Gasteiger partial charge >= 0.3 is 0 Å². The number of piperidine rings is 1. The standard InChI is InChI=1S/C15H27NO2/c1-2-15(9-4-5-10-15)14(18)16-11-6-3-7-13(16)8-12-17/h13,17H,2-12H2,1H3. The summed E-state index contributed by atoms with van der Waals surface area (Å²) in [4.78, 5) is 15.0. The Hall–Kier alpha value is -0.570. The van der Waals surface area contributed by atoms with E-state index in [0.29, 0.717) is 11.9 Å². The highest BCUT2D eigenvalue weighted by Crippen LogP contribution is 2.43. The summed E-state index contributed by atoms with van der Waals surface area (Å²) in [6.45, 7) is 3.27. The van der Waals surface area contributed by atoms with Gasteiger partial charge in [-0.2, -0.15) is 0 Å². The van der Waals surface area contributed by atoms with Gasteiger partial charge in [-0.15, -0.1) is 0 Å². The van der Waals surface area contributed by atoms with Crippen molar-refractivity contribution in [1.82, 2.24) is 4.90 Å². The molecule has 0 bridgehead atoms. The van der Waals surface area contributed by atoms with Crippen molar-refractivity contribution in [3.05, 3.63) is 0 Å². The van der Waals surface area contributed by atoms with E-state index in [1.807, 2.05) is 0 Å². The van der Waals surface area contributed by atoms with Gasteiger partial charge in [0.25, 0.3) is 0 Å². The maximum atomic E-state index is 12.9. The van der Waals surface area contributed by atoms with Gasteiger partial charge in [-0.05, 0) is 44.9 Å². The SMILES string of the molecule is CCC1(C(=O)N2CCCCC2CCO)CCCC1. The number of hydrogen-bond donors (Lipinski definition) is 1. The van der Waals surface area contributed by atoms with Crippen molar-refractivity contribution in [1.29, 1.82) is 0 Å². The van der Waals surface area contributed by atoms with Gasteiger partial charge in [0.2, 0.25) is 5.91 Å². The molecule has 1 saturated heterocycles. The van der Waals surface area contributed by atoms with Crippen molar-refractivity contribution < 1.29 is 9.90 Å². The number of amides is 1. The number of likely N-dealkylation sites (tertiary alicyclic amines) is 1. The van der Waals surface area contributed by atoms with E-state index in [1.165, 1.54) is 19.3 Å². The highest BCUT2D eigenvalue weighted by Gasteiger charge is 2.43. The topological polar surface area (TPSA) is 40.5 Å². The van der Waals surface area contributed by atoms with Crippen LogP contribution in [-0.2, 0) is 4.79 Å². The van der Waals surface area contributed by atoms with Gasteiger partial charge < -0.3 is 10.0 Å². The molecule has 2 aliphatic rings. The summed E-state index contributed by atoms with van der Waals surface area (Å²) >= 11 is 0. The average Bonchev–Trinajstić information content (AvgIpc) is 2.89. The first-order chi connectivity index (χ1) is 8.73. The Labute approximate surface area is 111 Å². The first-order valence-electron chi connectivity index (χ1n) is 7.65. The summed E-state index contributed by atoms with van der Waals surface area (Å²) < 4.78 is 0. The Bertz CT molecular complexity index is 282. The number of carbonyl (C=O) groups is 1. The quantitative estimate of drug-likeness (QED) is 0.837. The molecule has 0 aromatic rings. The molecule has 1 atom stereocenters. The second-order valence-electron chi connectivity index (χ2n) is 6.00. The fourth-order valence-electron chi connectivity index (χ4n) is 3.79. The molecule has 0 spiro atoms. The lowest BCUT2D eigenvalue weighted by atomic mass is 9.80. The van der Waals surface area contributed by atoms with Crippen molar-refractivity contribution in [3.63, 3.8) is 0 Å². The van der Waals surface area contributed by atoms with E-state index in [9.17, 15) is 4.79 Å². The number of nitrogens with zero attached hydrogens (tertiary/aromatic N) is 1. The van der Waals surface area contributed by atoms with Crippen LogP contribution in [-0.4, -0.2) is 35.1 Å². The molecule has 1 N–H and O–H groups in total. The molecule has 3 heteroatoms. The van der Waals surface area contributed by atoms with E-state index < -0.39 is 0 Å². The molecular weight excluding hydrogens is 226 g/mol. The molecule has 1 unspecified atom stereocenters. The zero-order chi connectivity index (χ0) is 13.0. The third-order valence-electron chi connectivity index (χ3n) is 5.04. The molecule has 0 radical (unpaired) electrons. The maximum Gasteiger partial charge on any atom is 0.229 e. The van der Waals surface area contributed by atoms with Gasteiger partial charge in [-0.25, -0.2) is 0 Å². The van der Waals surface area contributed by atoms with Crippen molar-refractivity contribution >= 4 is 5.91 Å². The molecule has 2 fully saturated rings. The maximum absolute atomic E-state index is 12.9. The molecule has 1 heterocycles. The minimum Gasteiger partial charge on any atom is -0.396 e. The van der Waals surface area contributed by atoms with Gasteiger partial charge in [0.15, 0.2) is 0 Å². The summed E-state index contributed by atoms with van der Waals surface area (Å²) in [5, 5.41) is 9.17. The van der Waals surface area contributed by atoms with E-state index in [1.54, 1.807) is 0 Å². The van der Waals surface area contributed by atoms with Crippen LogP contribution in [0.2, 0.25) is 0 Å². The fourth-order valence-corrected chi connectivity index (χ4v) is 3.79. The second kappa shape index (κ2) is 6.05. The number of aliphatic hydroxyl groups excluding tert-OH is 1. The summed E-state index contributed by atoms with van der Waals surface area (Å²) in [5.41, 5.74) is -0.0644. The fraction of sp³-hybridized carbons (Fsp3) is 0.933. The van der Waals surface area contributed by atoms with Crippen LogP contribution in [0.25, 0.3) is 0 Å². The third kappa shape index (κ3) is 2.56. The van der Waals surface area contributed by atoms with Gasteiger partial charge in [0.1, 0.15) is 0 Å². The minimum absolute atomic E-state index is 0.0644. The van der Waals surface area contributed by atoms with Gasteiger partial charge in [-0.3, -0.25) is 4.79 Å². The Balaban J connectivity index is 2.09. The molecule has 1 amide bonds. The van der Waals surface area contributed by atoms with Crippen LogP contribution in [0, 0.1) is 5.41 Å². The van der Waals surface area contributed by atoms with Crippen LogP contribution < -0.4 is 0 Å². The predicted octanol–water partition coefficient (Wildman–Crippen LogP) is 2.72. The Morgan fingerprint density at radius 2 is 2.00 bits per heavy atom. The molecule has 1 aliphatic carbocycles. The first kappa shape index (κ1) is 13.9. The molecule has 0 aromatic carbocycles. The van der Waals surface area contributed by atoms with Gasteiger partial charge in [0, 0.05) is 24.6 Å². The zero-order valence-corrected chi connectivity index (χ0v) is 11.7. The van der Waals surface area contributed by atoms with E-state index >= 15 is 0 Å². The Morgan fingerprint density at radius 1 is 1.28 bits per heavy atom. The average molecular weight is 253 g/mol. The monoisotopic (exact) mass is 253 g/mol. The summed E-state index contributed by atoms with van der Waals surface area (Å²) in [7, 11) is 0. The number of rotatable bonds is 4. The smallest absolute Gasteiger partial charge is 0.229 e. The summed E-state index contributed by atoms with van der Waals surface area (Å²) in [6.07, 6.45) is 9.71. The zero-order valence-electron chi connectivity index (χ0n) is 11.7. The molecule has 104 valence electrons. The number of carbonyl (C=O) groups excluding carboxylic acids is 1. The van der Waals surface area contributed by atoms with Crippen molar-refractivity contribution in [2.45, 2.75) is 70.8 Å². The van der Waals surface area contributed by atoms with Crippen LogP contribution in [0.1, 0.15) is 64.7 Å². The molecule has 3 nitrogen and oxygen atoms in total. The molecular formula is C15H27NO2. The minimum atomic E-state index is -0.0644. The lowest BCUT2D eigenvalue weighted by Crippen LogP contribution is -2.50. The van der Waals surface area contributed by atoms with Crippen molar-refractivity contribution in [3.8, 4) is 0 Å². The van der Waals surface area contributed by atoms with Crippen LogP contribution in [0.5, 0.6) is 0 Å². The van der Waals surface area contributed by atoms with E-state index in [2.05, 4.69) is 11.8 Å². The molecule has 0 aromatic heterocycles. The highest BCUT2D eigenvalue weighted by molar-refractivity contribution is 5.83. The largest absolute Gasteiger partial charge is 0.396 e. The molecule has 2 rings (SSSR count). The van der Waals surface area contributed by atoms with Crippen LogP contribution in [0.15, 0.2) is 0 Å². The normalized spacial score (nSPS) is 27.4. The van der Waals surface area contributed by atoms with Crippen LogP contribution in [0.3, 0.4) is 0 Å². The Morgan fingerprint density at radius 3 is 2.61 bits per heavy atom. The summed E-state index contributed by atoms with van der Waals surface area (Å²) in [5.74, 6) is 0.389. The highest BCUT2D eigenvalue weighted by atomic mass is 16.3. The Kier molecular flexibility index (Phi) is 4.66. The molecule has 1 saturated carbocycles. The van der Waals surface area contributed by atoms with Crippen molar-refractivity contribution in [2.75, 3.05) is 13.2 Å². The predicted molar refractivity (Wildman–Crippen MR) is 72.2 cm³/mol. The molecule has 18 heavy (non-hydrogen) atoms. The van der Waals surface area contributed by atoms with Gasteiger partial charge in [0.05, 0.1) is 0 Å².